The summed E-state index contributed by atoms with van der Waals surface area (Å²) >= 11 is 0. The molecular weight excluding hydrogens is 264 g/mol. The Bertz CT molecular complexity index is 661. The molecule has 1 aromatic carbocycles. The summed E-state index contributed by atoms with van der Waals surface area (Å²) in [4.78, 5) is 4.18. The van der Waals surface area contributed by atoms with Gasteiger partial charge in [-0.3, -0.25) is 4.98 Å². The van der Waals surface area contributed by atoms with E-state index < -0.39 is 16.1 Å². The van der Waals surface area contributed by atoms with Crippen LogP contribution in [0.4, 0.5) is 0 Å². The summed E-state index contributed by atoms with van der Waals surface area (Å²) in [5.41, 5.74) is 0. The zero-order chi connectivity index (χ0) is 13.9. The molecule has 2 aromatic rings. The molecular formula is C13H16N2O3S. The van der Waals surface area contributed by atoms with E-state index in [2.05, 4.69) is 9.71 Å². The van der Waals surface area contributed by atoms with Gasteiger partial charge in [-0.15, -0.1) is 0 Å². The Hall–Kier alpha value is -1.50. The fourth-order valence-corrected chi connectivity index (χ4v) is 3.40. The highest BCUT2D eigenvalue weighted by atomic mass is 32.2. The highest BCUT2D eigenvalue weighted by Crippen LogP contribution is 2.22. The number of pyridine rings is 1. The van der Waals surface area contributed by atoms with Crippen LogP contribution in [-0.2, 0) is 10.0 Å². The monoisotopic (exact) mass is 280 g/mol. The van der Waals surface area contributed by atoms with Crippen molar-refractivity contribution in [2.75, 3.05) is 6.61 Å². The van der Waals surface area contributed by atoms with Gasteiger partial charge < -0.3 is 5.11 Å². The van der Waals surface area contributed by atoms with Crippen molar-refractivity contribution in [1.29, 1.82) is 0 Å². The third-order valence-electron chi connectivity index (χ3n) is 2.97. The molecule has 19 heavy (non-hydrogen) atoms. The standard InChI is InChI=1S/C13H16N2O3S/c1-2-11(9-16)15-19(17,18)13-5-3-4-10-8-14-7-6-12(10)13/h3-8,11,15-16H,2,9H2,1H3/t11-/m1/s1. The number of benzene rings is 1. The minimum absolute atomic E-state index is 0.208. The van der Waals surface area contributed by atoms with E-state index in [4.69, 9.17) is 5.11 Å². The van der Waals surface area contributed by atoms with Gasteiger partial charge in [-0.1, -0.05) is 19.1 Å². The van der Waals surface area contributed by atoms with Crippen molar-refractivity contribution in [1.82, 2.24) is 9.71 Å². The molecule has 0 radical (unpaired) electrons. The number of aromatic nitrogens is 1. The van der Waals surface area contributed by atoms with Crippen molar-refractivity contribution in [2.24, 2.45) is 0 Å². The van der Waals surface area contributed by atoms with Crippen LogP contribution in [0, 0.1) is 0 Å². The fourth-order valence-electron chi connectivity index (χ4n) is 1.86. The minimum Gasteiger partial charge on any atom is -0.395 e. The quantitative estimate of drug-likeness (QED) is 0.865. The molecule has 0 aliphatic heterocycles. The lowest BCUT2D eigenvalue weighted by molar-refractivity contribution is 0.254. The van der Waals surface area contributed by atoms with Gasteiger partial charge in [-0.05, 0) is 18.6 Å². The van der Waals surface area contributed by atoms with E-state index in [9.17, 15) is 8.42 Å². The SMILES string of the molecule is CC[C@H](CO)NS(=O)(=O)c1cccc2cnccc12. The summed E-state index contributed by atoms with van der Waals surface area (Å²) in [7, 11) is -3.65. The second-order valence-electron chi connectivity index (χ2n) is 4.26. The van der Waals surface area contributed by atoms with Gasteiger partial charge in [0.05, 0.1) is 11.5 Å². The average Bonchev–Trinajstić information content (AvgIpc) is 2.44. The van der Waals surface area contributed by atoms with Gasteiger partial charge in [0, 0.05) is 29.2 Å². The van der Waals surface area contributed by atoms with E-state index in [1.807, 2.05) is 13.0 Å². The molecule has 1 heterocycles. The maximum Gasteiger partial charge on any atom is 0.241 e. The number of sulfonamides is 1. The first-order valence-corrected chi connectivity index (χ1v) is 7.52. The Balaban J connectivity index is 2.49. The number of aliphatic hydroxyl groups excluding tert-OH is 1. The van der Waals surface area contributed by atoms with Crippen LogP contribution in [0.25, 0.3) is 10.8 Å². The predicted octanol–water partition coefficient (Wildman–Crippen LogP) is 1.28. The van der Waals surface area contributed by atoms with Crippen LogP contribution in [0.2, 0.25) is 0 Å². The molecule has 5 nitrogen and oxygen atoms in total. The predicted molar refractivity (Wildman–Crippen MR) is 73.2 cm³/mol. The molecule has 1 atom stereocenters. The number of nitrogens with zero attached hydrogens (tertiary/aromatic N) is 1. The zero-order valence-corrected chi connectivity index (χ0v) is 11.4. The Morgan fingerprint density at radius 2 is 2.16 bits per heavy atom. The maximum atomic E-state index is 12.3. The summed E-state index contributed by atoms with van der Waals surface area (Å²) in [5, 5.41) is 10.5. The maximum absolute atomic E-state index is 12.3. The van der Waals surface area contributed by atoms with Crippen LogP contribution in [0.15, 0.2) is 41.6 Å². The molecule has 0 unspecified atom stereocenters. The molecule has 0 saturated carbocycles. The van der Waals surface area contributed by atoms with E-state index in [1.54, 1.807) is 30.6 Å². The average molecular weight is 280 g/mol. The van der Waals surface area contributed by atoms with Crippen molar-refractivity contribution in [3.05, 3.63) is 36.7 Å². The number of nitrogens with one attached hydrogen (secondary N) is 1. The summed E-state index contributed by atoms with van der Waals surface area (Å²) in [6.45, 7) is 1.60. The fraction of sp³-hybridized carbons (Fsp3) is 0.308. The summed E-state index contributed by atoms with van der Waals surface area (Å²) < 4.78 is 27.2. The molecule has 0 aliphatic carbocycles. The summed E-state index contributed by atoms with van der Waals surface area (Å²) in [6, 6.07) is 6.24. The van der Waals surface area contributed by atoms with Crippen LogP contribution in [0.1, 0.15) is 13.3 Å². The largest absolute Gasteiger partial charge is 0.395 e. The number of rotatable bonds is 5. The third kappa shape index (κ3) is 2.91. The van der Waals surface area contributed by atoms with Crippen molar-refractivity contribution in [3.63, 3.8) is 0 Å². The number of hydrogen-bond acceptors (Lipinski definition) is 4. The van der Waals surface area contributed by atoms with E-state index in [0.29, 0.717) is 11.8 Å². The van der Waals surface area contributed by atoms with E-state index in [1.165, 1.54) is 0 Å². The topological polar surface area (TPSA) is 79.3 Å². The van der Waals surface area contributed by atoms with Gasteiger partial charge >= 0.3 is 0 Å². The molecule has 0 bridgehead atoms. The third-order valence-corrected chi connectivity index (χ3v) is 4.54. The molecule has 102 valence electrons. The van der Waals surface area contributed by atoms with Gasteiger partial charge in [0.1, 0.15) is 0 Å². The van der Waals surface area contributed by atoms with Gasteiger partial charge in [0.2, 0.25) is 10.0 Å². The van der Waals surface area contributed by atoms with Crippen LogP contribution < -0.4 is 4.72 Å². The molecule has 6 heteroatoms. The van der Waals surface area contributed by atoms with Crippen LogP contribution >= 0.6 is 0 Å². The Morgan fingerprint density at radius 3 is 2.84 bits per heavy atom. The number of hydrogen-bond donors (Lipinski definition) is 2. The molecule has 0 aliphatic rings. The molecule has 0 amide bonds. The molecule has 1 aromatic heterocycles. The van der Waals surface area contributed by atoms with Crippen LogP contribution in [0.5, 0.6) is 0 Å². The smallest absolute Gasteiger partial charge is 0.241 e. The van der Waals surface area contributed by atoms with Crippen LogP contribution in [-0.4, -0.2) is 31.2 Å². The highest BCUT2D eigenvalue weighted by Gasteiger charge is 2.20. The number of fused-ring (bicyclic) bond motifs is 1. The van der Waals surface area contributed by atoms with Crippen LogP contribution in [0.3, 0.4) is 0 Å². The molecule has 0 spiro atoms. The lowest BCUT2D eigenvalue weighted by atomic mass is 10.2. The Kier molecular flexibility index (Phi) is 4.14. The van der Waals surface area contributed by atoms with Gasteiger partial charge in [0.25, 0.3) is 0 Å². The molecule has 0 fully saturated rings. The second-order valence-corrected chi connectivity index (χ2v) is 5.94. The Labute approximate surface area is 112 Å². The van der Waals surface area contributed by atoms with Gasteiger partial charge in [-0.25, -0.2) is 13.1 Å². The first-order chi connectivity index (χ1) is 9.08. The van der Waals surface area contributed by atoms with Crippen molar-refractivity contribution in [3.8, 4) is 0 Å². The van der Waals surface area contributed by atoms with E-state index in [-0.39, 0.29) is 11.5 Å². The van der Waals surface area contributed by atoms with Gasteiger partial charge in [0.15, 0.2) is 0 Å². The van der Waals surface area contributed by atoms with E-state index >= 15 is 0 Å². The molecule has 2 N–H and O–H groups in total. The summed E-state index contributed by atoms with van der Waals surface area (Å²) in [5.74, 6) is 0. The lowest BCUT2D eigenvalue weighted by Crippen LogP contribution is -2.36. The number of aliphatic hydroxyl groups is 1. The lowest BCUT2D eigenvalue weighted by Gasteiger charge is -2.15. The normalized spacial score (nSPS) is 13.6. The molecule has 0 saturated heterocycles. The second kappa shape index (κ2) is 5.64. The van der Waals surface area contributed by atoms with Crippen molar-refractivity contribution >= 4 is 20.8 Å². The Morgan fingerprint density at radius 1 is 1.37 bits per heavy atom. The van der Waals surface area contributed by atoms with Gasteiger partial charge in [-0.2, -0.15) is 0 Å². The van der Waals surface area contributed by atoms with Crippen molar-refractivity contribution in [2.45, 2.75) is 24.3 Å². The minimum atomic E-state index is -3.65. The zero-order valence-electron chi connectivity index (χ0n) is 10.6. The highest BCUT2D eigenvalue weighted by molar-refractivity contribution is 7.89. The van der Waals surface area contributed by atoms with Crippen molar-refractivity contribution < 1.29 is 13.5 Å². The van der Waals surface area contributed by atoms with E-state index in [0.717, 1.165) is 5.39 Å². The molecule has 2 rings (SSSR count). The first-order valence-electron chi connectivity index (χ1n) is 6.04. The summed E-state index contributed by atoms with van der Waals surface area (Å²) in [6.07, 6.45) is 3.71. The first kappa shape index (κ1) is 13.9.